The Labute approximate surface area is 142 Å². The first-order valence-corrected chi connectivity index (χ1v) is 8.97. The highest BCUT2D eigenvalue weighted by Crippen LogP contribution is 2.29. The van der Waals surface area contributed by atoms with Crippen molar-refractivity contribution in [2.24, 2.45) is 5.92 Å². The van der Waals surface area contributed by atoms with Crippen LogP contribution >= 0.6 is 0 Å². The van der Waals surface area contributed by atoms with Gasteiger partial charge in [-0.2, -0.15) is 0 Å². The van der Waals surface area contributed by atoms with Crippen molar-refractivity contribution in [2.75, 3.05) is 24.5 Å². The van der Waals surface area contributed by atoms with Crippen LogP contribution in [0, 0.1) is 16.0 Å². The summed E-state index contributed by atoms with van der Waals surface area (Å²) in [5.74, 6) is 0.350. The molecule has 1 amide bonds. The summed E-state index contributed by atoms with van der Waals surface area (Å²) in [7, 11) is 0. The quantitative estimate of drug-likeness (QED) is 0.662. The maximum Gasteiger partial charge on any atom is 0.270 e. The number of rotatable bonds is 5. The van der Waals surface area contributed by atoms with Crippen molar-refractivity contribution >= 4 is 17.3 Å². The number of anilines is 1. The van der Waals surface area contributed by atoms with Crippen molar-refractivity contribution in [3.8, 4) is 0 Å². The van der Waals surface area contributed by atoms with Gasteiger partial charge in [-0.3, -0.25) is 14.9 Å². The summed E-state index contributed by atoms with van der Waals surface area (Å²) in [5.41, 5.74) is 1.22. The molecular formula is C18H25N3O3. The van der Waals surface area contributed by atoms with Gasteiger partial charge < -0.3 is 10.2 Å². The van der Waals surface area contributed by atoms with Gasteiger partial charge in [-0.25, -0.2) is 0 Å². The molecule has 0 radical (unpaired) electrons. The van der Waals surface area contributed by atoms with Gasteiger partial charge in [-0.05, 0) is 37.7 Å². The van der Waals surface area contributed by atoms with E-state index in [1.807, 2.05) is 0 Å². The molecule has 1 N–H and O–H groups in total. The van der Waals surface area contributed by atoms with Crippen LogP contribution in [0.25, 0.3) is 0 Å². The molecule has 0 aromatic heterocycles. The fraction of sp³-hybridized carbons (Fsp3) is 0.611. The molecule has 0 bridgehead atoms. The largest absolute Gasteiger partial charge is 0.371 e. The number of hydrogen-bond donors (Lipinski definition) is 1. The molecule has 1 saturated carbocycles. The molecule has 6 nitrogen and oxygen atoms in total. The zero-order valence-corrected chi connectivity index (χ0v) is 14.0. The second-order valence-electron chi connectivity index (χ2n) is 6.87. The Balaban J connectivity index is 1.76. The van der Waals surface area contributed by atoms with E-state index < -0.39 is 4.92 Å². The normalized spacial score (nSPS) is 18.6. The van der Waals surface area contributed by atoms with Crippen molar-refractivity contribution < 1.29 is 9.72 Å². The molecule has 1 saturated heterocycles. The molecule has 0 spiro atoms. The molecule has 6 heteroatoms. The minimum atomic E-state index is -0.439. The number of nitro benzene ring substituents is 1. The molecule has 1 aromatic carbocycles. The van der Waals surface area contributed by atoms with Gasteiger partial charge in [0.15, 0.2) is 0 Å². The molecule has 3 rings (SSSR count). The van der Waals surface area contributed by atoms with E-state index in [9.17, 15) is 14.9 Å². The zero-order chi connectivity index (χ0) is 16.9. The van der Waals surface area contributed by atoms with Crippen LogP contribution in [0.5, 0.6) is 0 Å². The Morgan fingerprint density at radius 3 is 2.54 bits per heavy atom. The minimum absolute atomic E-state index is 0.0271. The average molecular weight is 331 g/mol. The highest BCUT2D eigenvalue weighted by molar-refractivity contribution is 6.00. The summed E-state index contributed by atoms with van der Waals surface area (Å²) in [4.78, 5) is 25.5. The number of hydrogen-bond acceptors (Lipinski definition) is 4. The summed E-state index contributed by atoms with van der Waals surface area (Å²) in [5, 5.41) is 14.1. The second kappa shape index (κ2) is 7.64. The molecular weight excluding hydrogens is 306 g/mol. The van der Waals surface area contributed by atoms with Crippen molar-refractivity contribution in [3.63, 3.8) is 0 Å². The van der Waals surface area contributed by atoms with Crippen LogP contribution in [0.2, 0.25) is 0 Å². The highest BCUT2D eigenvalue weighted by Gasteiger charge is 2.23. The van der Waals surface area contributed by atoms with Gasteiger partial charge in [0.05, 0.1) is 16.2 Å². The molecule has 24 heavy (non-hydrogen) atoms. The average Bonchev–Trinajstić information content (AvgIpc) is 3.14. The van der Waals surface area contributed by atoms with Gasteiger partial charge in [0.2, 0.25) is 0 Å². The van der Waals surface area contributed by atoms with E-state index >= 15 is 0 Å². The van der Waals surface area contributed by atoms with Gasteiger partial charge in [-0.15, -0.1) is 0 Å². The van der Waals surface area contributed by atoms with Gasteiger partial charge in [0.25, 0.3) is 11.6 Å². The number of non-ortho nitro benzene ring substituents is 1. The summed E-state index contributed by atoms with van der Waals surface area (Å²) in [6, 6.07) is 4.63. The van der Waals surface area contributed by atoms with E-state index in [2.05, 4.69) is 10.2 Å². The SMILES string of the molecule is O=C(NCC1CCCCC1)c1cc([N+](=O)[O-])ccc1N1CCCC1. The van der Waals surface area contributed by atoms with Crippen molar-refractivity contribution in [2.45, 2.75) is 44.9 Å². The maximum atomic E-state index is 12.7. The Hall–Kier alpha value is -2.11. The lowest BCUT2D eigenvalue weighted by Crippen LogP contribution is -2.32. The van der Waals surface area contributed by atoms with E-state index in [0.717, 1.165) is 44.5 Å². The summed E-state index contributed by atoms with van der Waals surface area (Å²) in [6.45, 7) is 2.47. The minimum Gasteiger partial charge on any atom is -0.371 e. The van der Waals surface area contributed by atoms with Crippen molar-refractivity contribution in [1.82, 2.24) is 5.32 Å². The number of carbonyl (C=O) groups excluding carboxylic acids is 1. The van der Waals surface area contributed by atoms with Gasteiger partial charge in [-0.1, -0.05) is 19.3 Å². The molecule has 0 atom stereocenters. The van der Waals surface area contributed by atoms with Crippen LogP contribution in [-0.4, -0.2) is 30.5 Å². The van der Waals surface area contributed by atoms with Crippen molar-refractivity contribution in [1.29, 1.82) is 0 Å². The maximum absolute atomic E-state index is 12.7. The first-order valence-electron chi connectivity index (χ1n) is 8.97. The summed E-state index contributed by atoms with van der Waals surface area (Å²) >= 11 is 0. The molecule has 130 valence electrons. The van der Waals surface area contributed by atoms with Crippen LogP contribution in [0.1, 0.15) is 55.3 Å². The molecule has 2 aliphatic rings. The van der Waals surface area contributed by atoms with Crippen LogP contribution in [0.4, 0.5) is 11.4 Å². The number of carbonyl (C=O) groups is 1. The first-order chi connectivity index (χ1) is 11.6. The number of nitro groups is 1. The van der Waals surface area contributed by atoms with Crippen LogP contribution in [0.15, 0.2) is 18.2 Å². The molecule has 2 fully saturated rings. The lowest BCUT2D eigenvalue weighted by atomic mass is 9.89. The van der Waals surface area contributed by atoms with E-state index in [1.54, 1.807) is 6.07 Å². The van der Waals surface area contributed by atoms with Crippen LogP contribution in [-0.2, 0) is 0 Å². The molecule has 1 aliphatic heterocycles. The Morgan fingerprint density at radius 1 is 1.17 bits per heavy atom. The molecule has 0 unspecified atom stereocenters. The predicted molar refractivity (Wildman–Crippen MR) is 93.5 cm³/mol. The van der Waals surface area contributed by atoms with E-state index in [4.69, 9.17) is 0 Å². The van der Waals surface area contributed by atoms with Crippen LogP contribution in [0.3, 0.4) is 0 Å². The number of amides is 1. The smallest absolute Gasteiger partial charge is 0.270 e. The zero-order valence-electron chi connectivity index (χ0n) is 14.0. The molecule has 1 heterocycles. The third-order valence-corrected chi connectivity index (χ3v) is 5.16. The number of nitrogens with zero attached hydrogens (tertiary/aromatic N) is 2. The predicted octanol–water partition coefficient (Wildman–Crippen LogP) is 3.51. The van der Waals surface area contributed by atoms with Gasteiger partial charge in [0.1, 0.15) is 0 Å². The third kappa shape index (κ3) is 3.86. The summed E-state index contributed by atoms with van der Waals surface area (Å²) < 4.78 is 0. The monoisotopic (exact) mass is 331 g/mol. The highest BCUT2D eigenvalue weighted by atomic mass is 16.6. The lowest BCUT2D eigenvalue weighted by Gasteiger charge is -2.23. The Morgan fingerprint density at radius 2 is 1.88 bits per heavy atom. The fourth-order valence-electron chi connectivity index (χ4n) is 3.78. The fourth-order valence-corrected chi connectivity index (χ4v) is 3.78. The molecule has 1 aliphatic carbocycles. The van der Waals surface area contributed by atoms with Crippen molar-refractivity contribution in [3.05, 3.63) is 33.9 Å². The standard InChI is InChI=1S/C18H25N3O3/c22-18(19-13-14-6-2-1-3-7-14)16-12-15(21(23)24)8-9-17(16)20-10-4-5-11-20/h8-9,12,14H,1-7,10-11,13H2,(H,19,22). The second-order valence-corrected chi connectivity index (χ2v) is 6.87. The number of nitrogens with one attached hydrogen (secondary N) is 1. The summed E-state index contributed by atoms with van der Waals surface area (Å²) in [6.07, 6.45) is 8.27. The van der Waals surface area contributed by atoms with E-state index in [0.29, 0.717) is 18.0 Å². The third-order valence-electron chi connectivity index (χ3n) is 5.16. The van der Waals surface area contributed by atoms with Crippen LogP contribution < -0.4 is 10.2 Å². The van der Waals surface area contributed by atoms with Gasteiger partial charge in [0, 0.05) is 31.8 Å². The Bertz CT molecular complexity index is 606. The number of benzene rings is 1. The lowest BCUT2D eigenvalue weighted by molar-refractivity contribution is -0.384. The van der Waals surface area contributed by atoms with E-state index in [1.165, 1.54) is 31.4 Å². The van der Waals surface area contributed by atoms with Gasteiger partial charge >= 0.3 is 0 Å². The van der Waals surface area contributed by atoms with E-state index in [-0.39, 0.29) is 11.6 Å². The molecule has 1 aromatic rings. The first kappa shape index (κ1) is 16.7. The topological polar surface area (TPSA) is 75.5 Å². The Kier molecular flexibility index (Phi) is 5.33.